The van der Waals surface area contributed by atoms with Crippen molar-refractivity contribution in [3.8, 4) is 5.75 Å². The van der Waals surface area contributed by atoms with Crippen LogP contribution in [0.3, 0.4) is 0 Å². The number of ether oxygens (including phenoxy) is 1. The fourth-order valence-electron chi connectivity index (χ4n) is 4.04. The van der Waals surface area contributed by atoms with E-state index in [9.17, 15) is 4.79 Å². The van der Waals surface area contributed by atoms with E-state index in [1.807, 2.05) is 25.1 Å². The fourth-order valence-corrected chi connectivity index (χ4v) is 4.04. The number of methoxy groups -OCH3 is 1. The summed E-state index contributed by atoms with van der Waals surface area (Å²) in [7, 11) is 1.63. The van der Waals surface area contributed by atoms with Gasteiger partial charge in [-0.1, -0.05) is 12.5 Å². The summed E-state index contributed by atoms with van der Waals surface area (Å²) in [4.78, 5) is 17.5. The molecule has 0 aliphatic carbocycles. The van der Waals surface area contributed by atoms with E-state index < -0.39 is 0 Å². The van der Waals surface area contributed by atoms with Crippen LogP contribution in [0.25, 0.3) is 0 Å². The molecule has 0 aromatic heterocycles. The number of amides is 1. The molecule has 1 N–H and O–H groups in total. The van der Waals surface area contributed by atoms with Crippen LogP contribution in [0.5, 0.6) is 5.75 Å². The van der Waals surface area contributed by atoms with Crippen molar-refractivity contribution < 1.29 is 9.53 Å². The maximum Gasteiger partial charge on any atom is 0.238 e. The Kier molecular flexibility index (Phi) is 6.32. The third-order valence-corrected chi connectivity index (χ3v) is 5.39. The van der Waals surface area contributed by atoms with Crippen molar-refractivity contribution in [1.82, 2.24) is 9.80 Å². The normalized spacial score (nSPS) is 22.1. The Hall–Kier alpha value is -1.59. The summed E-state index contributed by atoms with van der Waals surface area (Å²) in [5, 5.41) is 3.03. The third kappa shape index (κ3) is 4.95. The Balaban J connectivity index is 1.55. The van der Waals surface area contributed by atoms with Crippen LogP contribution in [-0.4, -0.2) is 61.6 Å². The van der Waals surface area contributed by atoms with E-state index in [1.165, 1.54) is 45.2 Å². The molecule has 2 heterocycles. The first-order chi connectivity index (χ1) is 12.2. The van der Waals surface area contributed by atoms with Gasteiger partial charge in [-0.3, -0.25) is 9.69 Å². The van der Waals surface area contributed by atoms with Crippen LogP contribution in [0.4, 0.5) is 5.69 Å². The Morgan fingerprint density at radius 3 is 2.76 bits per heavy atom. The lowest BCUT2D eigenvalue weighted by molar-refractivity contribution is -0.117. The lowest BCUT2D eigenvalue weighted by Gasteiger charge is -2.32. The van der Waals surface area contributed by atoms with Crippen LogP contribution in [0.2, 0.25) is 0 Å². The molecule has 0 bridgehead atoms. The summed E-state index contributed by atoms with van der Waals surface area (Å²) < 4.78 is 5.36. The lowest BCUT2D eigenvalue weighted by Crippen LogP contribution is -2.44. The lowest BCUT2D eigenvalue weighted by atomic mass is 10.1. The van der Waals surface area contributed by atoms with E-state index in [1.54, 1.807) is 7.11 Å². The number of nitrogens with zero attached hydrogens (tertiary/aromatic N) is 2. The molecule has 0 saturated carbocycles. The third-order valence-electron chi connectivity index (χ3n) is 5.39. The molecule has 2 saturated heterocycles. The first-order valence-electron chi connectivity index (χ1n) is 9.56. The first kappa shape index (κ1) is 18.2. The molecule has 1 aromatic rings. The number of anilines is 1. The quantitative estimate of drug-likeness (QED) is 0.861. The van der Waals surface area contributed by atoms with Gasteiger partial charge in [0.05, 0.1) is 19.3 Å². The number of hydrogen-bond donors (Lipinski definition) is 1. The first-order valence-corrected chi connectivity index (χ1v) is 9.56. The van der Waals surface area contributed by atoms with Crippen molar-refractivity contribution in [3.63, 3.8) is 0 Å². The van der Waals surface area contributed by atoms with Crippen LogP contribution in [0, 0.1) is 6.92 Å². The van der Waals surface area contributed by atoms with Crippen LogP contribution < -0.4 is 10.1 Å². The smallest absolute Gasteiger partial charge is 0.238 e. The Morgan fingerprint density at radius 2 is 2.00 bits per heavy atom. The van der Waals surface area contributed by atoms with Crippen molar-refractivity contribution >= 4 is 11.6 Å². The molecule has 0 spiro atoms. The van der Waals surface area contributed by atoms with Gasteiger partial charge in [0.15, 0.2) is 0 Å². The summed E-state index contributed by atoms with van der Waals surface area (Å²) in [6.45, 7) is 7.06. The number of likely N-dealkylation sites (tertiary alicyclic amines) is 2. The number of piperidine rings is 1. The molecule has 0 unspecified atom stereocenters. The van der Waals surface area contributed by atoms with Gasteiger partial charge < -0.3 is 15.0 Å². The van der Waals surface area contributed by atoms with Gasteiger partial charge in [-0.25, -0.2) is 0 Å². The molecule has 25 heavy (non-hydrogen) atoms. The molecule has 138 valence electrons. The van der Waals surface area contributed by atoms with Crippen LogP contribution in [-0.2, 0) is 4.79 Å². The Bertz CT molecular complexity index is 584. The molecular weight excluding hydrogens is 314 g/mol. The van der Waals surface area contributed by atoms with Crippen molar-refractivity contribution in [1.29, 1.82) is 0 Å². The minimum atomic E-state index is 0.0504. The van der Waals surface area contributed by atoms with Crippen molar-refractivity contribution in [2.45, 2.75) is 45.1 Å². The minimum Gasteiger partial charge on any atom is -0.495 e. The highest BCUT2D eigenvalue weighted by Crippen LogP contribution is 2.26. The van der Waals surface area contributed by atoms with Crippen molar-refractivity contribution in [2.75, 3.05) is 45.2 Å². The SMILES string of the molecule is COc1ccc(C)cc1NC(=O)CN1CCC[C@H]1CN1CCCCC1. The molecule has 1 amide bonds. The van der Waals surface area contributed by atoms with E-state index in [-0.39, 0.29) is 5.91 Å². The zero-order valence-electron chi connectivity index (χ0n) is 15.6. The van der Waals surface area contributed by atoms with E-state index in [2.05, 4.69) is 15.1 Å². The highest BCUT2D eigenvalue weighted by atomic mass is 16.5. The summed E-state index contributed by atoms with van der Waals surface area (Å²) in [6.07, 6.45) is 6.41. The number of rotatable bonds is 6. The number of carbonyl (C=O) groups excluding carboxylic acids is 1. The maximum absolute atomic E-state index is 12.6. The topological polar surface area (TPSA) is 44.8 Å². The summed E-state index contributed by atoms with van der Waals surface area (Å²) in [5.74, 6) is 0.764. The van der Waals surface area contributed by atoms with Crippen LogP contribution in [0.1, 0.15) is 37.7 Å². The van der Waals surface area contributed by atoms with E-state index in [4.69, 9.17) is 4.74 Å². The number of nitrogens with one attached hydrogen (secondary N) is 1. The van der Waals surface area contributed by atoms with Gasteiger partial charge in [-0.05, 0) is 69.9 Å². The predicted molar refractivity (Wildman–Crippen MR) is 101 cm³/mol. The Morgan fingerprint density at radius 1 is 1.20 bits per heavy atom. The van der Waals surface area contributed by atoms with Crippen molar-refractivity contribution in [2.24, 2.45) is 0 Å². The fraction of sp³-hybridized carbons (Fsp3) is 0.650. The summed E-state index contributed by atoms with van der Waals surface area (Å²) in [5.41, 5.74) is 1.87. The molecule has 0 radical (unpaired) electrons. The van der Waals surface area contributed by atoms with E-state index in [0.717, 1.165) is 24.3 Å². The molecule has 2 fully saturated rings. The number of hydrogen-bond acceptors (Lipinski definition) is 4. The predicted octanol–water partition coefficient (Wildman–Crippen LogP) is 2.89. The van der Waals surface area contributed by atoms with Crippen LogP contribution >= 0.6 is 0 Å². The molecule has 1 atom stereocenters. The zero-order valence-corrected chi connectivity index (χ0v) is 15.6. The van der Waals surface area contributed by atoms with Gasteiger partial charge in [0.1, 0.15) is 5.75 Å². The second kappa shape index (κ2) is 8.68. The maximum atomic E-state index is 12.6. The van der Waals surface area contributed by atoms with Crippen molar-refractivity contribution in [3.05, 3.63) is 23.8 Å². The van der Waals surface area contributed by atoms with Gasteiger partial charge in [0, 0.05) is 12.6 Å². The summed E-state index contributed by atoms with van der Waals surface area (Å²) >= 11 is 0. The second-order valence-corrected chi connectivity index (χ2v) is 7.38. The number of carbonyl (C=O) groups is 1. The largest absolute Gasteiger partial charge is 0.495 e. The molecular formula is C20H31N3O2. The molecule has 2 aliphatic heterocycles. The number of aryl methyl sites for hydroxylation is 1. The van der Waals surface area contributed by atoms with Crippen LogP contribution in [0.15, 0.2) is 18.2 Å². The molecule has 5 nitrogen and oxygen atoms in total. The molecule has 1 aromatic carbocycles. The number of benzene rings is 1. The average molecular weight is 345 g/mol. The molecule has 5 heteroatoms. The van der Waals surface area contributed by atoms with Gasteiger partial charge in [-0.2, -0.15) is 0 Å². The molecule has 2 aliphatic rings. The average Bonchev–Trinajstić information content (AvgIpc) is 3.02. The van der Waals surface area contributed by atoms with Gasteiger partial charge in [-0.15, -0.1) is 0 Å². The van der Waals surface area contributed by atoms with Gasteiger partial charge in [0.2, 0.25) is 5.91 Å². The minimum absolute atomic E-state index is 0.0504. The highest BCUT2D eigenvalue weighted by molar-refractivity contribution is 5.93. The second-order valence-electron chi connectivity index (χ2n) is 7.38. The van der Waals surface area contributed by atoms with Gasteiger partial charge in [0.25, 0.3) is 0 Å². The van der Waals surface area contributed by atoms with E-state index in [0.29, 0.717) is 18.3 Å². The summed E-state index contributed by atoms with van der Waals surface area (Å²) in [6, 6.07) is 6.37. The Labute approximate surface area is 151 Å². The standard InChI is InChI=1S/C20H31N3O2/c1-16-8-9-19(25-2)18(13-16)21-20(24)15-23-12-6-7-17(23)14-22-10-4-3-5-11-22/h8-9,13,17H,3-7,10-12,14-15H2,1-2H3,(H,21,24)/t17-/m0/s1. The van der Waals surface area contributed by atoms with Gasteiger partial charge >= 0.3 is 0 Å². The monoisotopic (exact) mass is 345 g/mol. The highest BCUT2D eigenvalue weighted by Gasteiger charge is 2.28. The van der Waals surface area contributed by atoms with E-state index >= 15 is 0 Å². The zero-order chi connectivity index (χ0) is 17.6. The molecule has 3 rings (SSSR count).